The fraction of sp³-hybridized carbons (Fsp3) is 0.0667. The third-order valence-corrected chi connectivity index (χ3v) is 3.10. The molecule has 118 valence electrons. The first-order valence-electron chi connectivity index (χ1n) is 6.36. The number of benzene rings is 2. The van der Waals surface area contributed by atoms with Crippen molar-refractivity contribution in [1.29, 1.82) is 0 Å². The molecule has 1 aromatic heterocycles. The van der Waals surface area contributed by atoms with Gasteiger partial charge in [0.15, 0.2) is 0 Å². The minimum atomic E-state index is -4.73. The number of aromatic nitrogens is 2. The Morgan fingerprint density at radius 1 is 0.826 bits per heavy atom. The van der Waals surface area contributed by atoms with E-state index in [9.17, 15) is 13.2 Å². The van der Waals surface area contributed by atoms with Gasteiger partial charge in [0.2, 0.25) is 11.8 Å². The van der Waals surface area contributed by atoms with Crippen molar-refractivity contribution in [1.82, 2.24) is 10.2 Å². The Balaban J connectivity index is 1.81. The van der Waals surface area contributed by atoms with Crippen molar-refractivity contribution in [2.75, 3.05) is 0 Å². The van der Waals surface area contributed by atoms with Crippen molar-refractivity contribution < 1.29 is 22.3 Å². The lowest BCUT2D eigenvalue weighted by Crippen LogP contribution is -2.16. The molecule has 0 bridgehead atoms. The molecule has 0 radical (unpaired) electrons. The minimum absolute atomic E-state index is 0.188. The van der Waals surface area contributed by atoms with E-state index in [1.165, 1.54) is 24.3 Å². The Kier molecular flexibility index (Phi) is 3.96. The number of hydrogen-bond acceptors (Lipinski definition) is 4. The zero-order valence-electron chi connectivity index (χ0n) is 11.3. The summed E-state index contributed by atoms with van der Waals surface area (Å²) in [6.45, 7) is 0. The summed E-state index contributed by atoms with van der Waals surface area (Å²) in [6.07, 6.45) is -4.73. The fourth-order valence-corrected chi connectivity index (χ4v) is 1.97. The van der Waals surface area contributed by atoms with E-state index < -0.39 is 6.36 Å². The number of halogens is 4. The number of ether oxygens (including phenoxy) is 1. The van der Waals surface area contributed by atoms with Gasteiger partial charge in [-0.05, 0) is 48.5 Å². The molecule has 3 aromatic rings. The molecular formula is C15H8ClF3N2O2. The molecule has 2 aromatic carbocycles. The maximum Gasteiger partial charge on any atom is 0.573 e. The summed E-state index contributed by atoms with van der Waals surface area (Å²) in [7, 11) is 0. The molecule has 3 rings (SSSR count). The molecule has 0 aliphatic carbocycles. The molecule has 0 N–H and O–H groups in total. The lowest BCUT2D eigenvalue weighted by atomic mass is 10.2. The zero-order valence-corrected chi connectivity index (χ0v) is 12.1. The molecule has 0 atom stereocenters. The van der Waals surface area contributed by atoms with Crippen LogP contribution >= 0.6 is 11.6 Å². The number of rotatable bonds is 3. The molecule has 0 saturated heterocycles. The monoisotopic (exact) mass is 340 g/mol. The second-order valence-corrected chi connectivity index (χ2v) is 4.93. The number of nitrogens with zero attached hydrogens (tertiary/aromatic N) is 2. The van der Waals surface area contributed by atoms with Gasteiger partial charge in [-0.15, -0.1) is 23.4 Å². The molecular weight excluding hydrogens is 333 g/mol. The van der Waals surface area contributed by atoms with Crippen LogP contribution in [0.1, 0.15) is 0 Å². The van der Waals surface area contributed by atoms with Gasteiger partial charge >= 0.3 is 6.36 Å². The van der Waals surface area contributed by atoms with Gasteiger partial charge in [0.05, 0.1) is 0 Å². The van der Waals surface area contributed by atoms with E-state index in [0.717, 1.165) is 0 Å². The third-order valence-electron chi connectivity index (χ3n) is 2.85. The first-order valence-corrected chi connectivity index (χ1v) is 6.74. The van der Waals surface area contributed by atoms with E-state index in [1.54, 1.807) is 24.3 Å². The van der Waals surface area contributed by atoms with Gasteiger partial charge in [0, 0.05) is 16.1 Å². The highest BCUT2D eigenvalue weighted by Gasteiger charge is 2.31. The van der Waals surface area contributed by atoms with Crippen LogP contribution in [0.25, 0.3) is 22.9 Å². The smallest absolute Gasteiger partial charge is 0.416 e. The van der Waals surface area contributed by atoms with Gasteiger partial charge in [-0.2, -0.15) is 0 Å². The summed E-state index contributed by atoms with van der Waals surface area (Å²) in [5, 5.41) is 8.36. The quantitative estimate of drug-likeness (QED) is 0.676. The lowest BCUT2D eigenvalue weighted by molar-refractivity contribution is -0.274. The summed E-state index contributed by atoms with van der Waals surface area (Å²) in [6, 6.07) is 12.0. The largest absolute Gasteiger partial charge is 0.573 e. The molecule has 0 aliphatic rings. The fourth-order valence-electron chi connectivity index (χ4n) is 1.85. The van der Waals surface area contributed by atoms with Crippen LogP contribution in [0.4, 0.5) is 13.2 Å². The Labute approximate surface area is 133 Å². The molecule has 4 nitrogen and oxygen atoms in total. The molecule has 0 amide bonds. The van der Waals surface area contributed by atoms with Crippen LogP contribution in [-0.4, -0.2) is 16.6 Å². The SMILES string of the molecule is FC(F)(F)Oc1ccc(-c2nnc(-c3ccc(Cl)cc3)o2)cc1. The van der Waals surface area contributed by atoms with Crippen LogP contribution in [0.2, 0.25) is 5.02 Å². The number of hydrogen-bond donors (Lipinski definition) is 0. The predicted octanol–water partition coefficient (Wildman–Crippen LogP) is 4.96. The Morgan fingerprint density at radius 2 is 1.30 bits per heavy atom. The van der Waals surface area contributed by atoms with Crippen molar-refractivity contribution >= 4 is 11.6 Å². The first-order chi connectivity index (χ1) is 10.9. The highest BCUT2D eigenvalue weighted by atomic mass is 35.5. The Hall–Kier alpha value is -2.54. The molecule has 0 unspecified atom stereocenters. The lowest BCUT2D eigenvalue weighted by Gasteiger charge is -2.08. The van der Waals surface area contributed by atoms with E-state index in [-0.39, 0.29) is 17.5 Å². The van der Waals surface area contributed by atoms with E-state index in [4.69, 9.17) is 16.0 Å². The minimum Gasteiger partial charge on any atom is -0.416 e. The first kappa shape index (κ1) is 15.4. The standard InChI is InChI=1S/C15H8ClF3N2O2/c16-11-5-1-9(2-6-11)13-20-21-14(22-13)10-3-7-12(8-4-10)23-15(17,18)19/h1-8H. The molecule has 23 heavy (non-hydrogen) atoms. The van der Waals surface area contributed by atoms with Gasteiger partial charge in [0.25, 0.3) is 0 Å². The average Bonchev–Trinajstić information content (AvgIpc) is 2.97. The van der Waals surface area contributed by atoms with Crippen molar-refractivity contribution in [3.05, 3.63) is 53.6 Å². The van der Waals surface area contributed by atoms with Crippen molar-refractivity contribution in [2.45, 2.75) is 6.36 Å². The highest BCUT2D eigenvalue weighted by molar-refractivity contribution is 6.30. The van der Waals surface area contributed by atoms with Gasteiger partial charge in [-0.3, -0.25) is 0 Å². The van der Waals surface area contributed by atoms with E-state index >= 15 is 0 Å². The second-order valence-electron chi connectivity index (χ2n) is 4.49. The van der Waals surface area contributed by atoms with E-state index in [1.807, 2.05) is 0 Å². The Bertz CT molecular complexity index is 799. The van der Waals surface area contributed by atoms with Crippen LogP contribution in [-0.2, 0) is 0 Å². The molecule has 8 heteroatoms. The van der Waals surface area contributed by atoms with Gasteiger partial charge in [-0.1, -0.05) is 11.6 Å². The van der Waals surface area contributed by atoms with Crippen LogP contribution < -0.4 is 4.74 Å². The number of alkyl halides is 3. The molecule has 0 aliphatic heterocycles. The molecule has 0 fully saturated rings. The van der Waals surface area contributed by atoms with Crippen molar-refractivity contribution in [3.63, 3.8) is 0 Å². The van der Waals surface area contributed by atoms with Crippen LogP contribution in [0, 0.1) is 0 Å². The van der Waals surface area contributed by atoms with Crippen LogP contribution in [0.5, 0.6) is 5.75 Å². The highest BCUT2D eigenvalue weighted by Crippen LogP contribution is 2.28. The molecule has 1 heterocycles. The summed E-state index contributed by atoms with van der Waals surface area (Å²) in [5.41, 5.74) is 1.16. The zero-order chi connectivity index (χ0) is 16.4. The summed E-state index contributed by atoms with van der Waals surface area (Å²) >= 11 is 5.80. The van der Waals surface area contributed by atoms with Gasteiger partial charge < -0.3 is 9.15 Å². The van der Waals surface area contributed by atoms with Crippen LogP contribution in [0.3, 0.4) is 0 Å². The van der Waals surface area contributed by atoms with Gasteiger partial charge in [-0.25, -0.2) is 0 Å². The summed E-state index contributed by atoms with van der Waals surface area (Å²) in [4.78, 5) is 0. The molecule has 0 spiro atoms. The second kappa shape index (κ2) is 5.92. The third kappa shape index (κ3) is 3.81. The van der Waals surface area contributed by atoms with E-state index in [0.29, 0.717) is 16.1 Å². The predicted molar refractivity (Wildman–Crippen MR) is 76.9 cm³/mol. The van der Waals surface area contributed by atoms with Crippen molar-refractivity contribution in [2.24, 2.45) is 0 Å². The average molecular weight is 341 g/mol. The normalized spacial score (nSPS) is 11.5. The maximum absolute atomic E-state index is 12.1. The summed E-state index contributed by atoms with van der Waals surface area (Å²) in [5.74, 6) is 0.152. The van der Waals surface area contributed by atoms with Gasteiger partial charge in [0.1, 0.15) is 5.75 Å². The summed E-state index contributed by atoms with van der Waals surface area (Å²) < 4.78 is 45.6. The van der Waals surface area contributed by atoms with Crippen molar-refractivity contribution in [3.8, 4) is 28.7 Å². The molecule has 0 saturated carbocycles. The maximum atomic E-state index is 12.1. The topological polar surface area (TPSA) is 48.2 Å². The van der Waals surface area contributed by atoms with Crippen LogP contribution in [0.15, 0.2) is 52.9 Å². The van der Waals surface area contributed by atoms with E-state index in [2.05, 4.69) is 14.9 Å². The Morgan fingerprint density at radius 3 is 1.78 bits per heavy atom.